The van der Waals surface area contributed by atoms with Gasteiger partial charge in [0, 0.05) is 16.7 Å². The van der Waals surface area contributed by atoms with Crippen molar-refractivity contribution in [1.29, 1.82) is 0 Å². The lowest BCUT2D eigenvalue weighted by atomic mass is 9.83. The Morgan fingerprint density at radius 2 is 1.59 bits per heavy atom. The summed E-state index contributed by atoms with van der Waals surface area (Å²) in [7, 11) is 0. The summed E-state index contributed by atoms with van der Waals surface area (Å²) in [6.07, 6.45) is -1.18. The molecule has 0 aromatic heterocycles. The zero-order valence-corrected chi connectivity index (χ0v) is 17.6. The second-order valence-corrected chi connectivity index (χ2v) is 7.61. The van der Waals surface area contributed by atoms with Crippen molar-refractivity contribution in [3.05, 3.63) is 93.5 Å². The molecule has 160 valence electrons. The normalized spacial score (nSPS) is 13.1. The minimum absolute atomic E-state index is 0.105. The average Bonchev–Trinajstić information content (AvgIpc) is 2.79. The predicted molar refractivity (Wildman–Crippen MR) is 119 cm³/mol. The number of ketones is 2. The molecule has 1 aliphatic carbocycles. The number of esters is 1. The number of hydrogen-bond donors (Lipinski definition) is 2. The molecule has 0 saturated heterocycles. The molecule has 32 heavy (non-hydrogen) atoms. The van der Waals surface area contributed by atoms with Crippen molar-refractivity contribution in [2.45, 2.75) is 13.0 Å². The first kappa shape index (κ1) is 21.3. The van der Waals surface area contributed by atoms with Crippen LogP contribution in [0, 0.1) is 0 Å². The molecular formula is C24H17ClN2O5. The number of nitrogens with two attached hydrogens (primary N) is 1. The second kappa shape index (κ2) is 8.28. The number of amides is 1. The molecule has 1 aliphatic rings. The predicted octanol–water partition coefficient (Wildman–Crippen LogP) is 3.88. The van der Waals surface area contributed by atoms with Crippen LogP contribution in [-0.4, -0.2) is 29.5 Å². The molecule has 1 unspecified atom stereocenters. The first-order chi connectivity index (χ1) is 15.3. The minimum Gasteiger partial charge on any atom is -0.449 e. The average molecular weight is 449 g/mol. The molecule has 0 spiro atoms. The van der Waals surface area contributed by atoms with E-state index in [1.54, 1.807) is 30.3 Å². The summed E-state index contributed by atoms with van der Waals surface area (Å²) >= 11 is 5.85. The maximum absolute atomic E-state index is 13.0. The fourth-order valence-corrected chi connectivity index (χ4v) is 3.55. The van der Waals surface area contributed by atoms with Crippen LogP contribution in [0.1, 0.15) is 49.1 Å². The van der Waals surface area contributed by atoms with Gasteiger partial charge in [-0.05, 0) is 31.2 Å². The van der Waals surface area contributed by atoms with Crippen LogP contribution < -0.4 is 11.1 Å². The molecule has 0 aliphatic heterocycles. The van der Waals surface area contributed by atoms with Crippen molar-refractivity contribution >= 4 is 46.4 Å². The fraction of sp³-hybridized carbons (Fsp3) is 0.0833. The Kier molecular flexibility index (Phi) is 5.50. The highest BCUT2D eigenvalue weighted by molar-refractivity contribution is 6.33. The van der Waals surface area contributed by atoms with Gasteiger partial charge >= 0.3 is 5.97 Å². The van der Waals surface area contributed by atoms with Gasteiger partial charge < -0.3 is 15.8 Å². The summed E-state index contributed by atoms with van der Waals surface area (Å²) in [5.41, 5.74) is 7.10. The van der Waals surface area contributed by atoms with E-state index in [0.717, 1.165) is 0 Å². The molecule has 0 heterocycles. The number of ether oxygens (including phenoxy) is 1. The summed E-state index contributed by atoms with van der Waals surface area (Å²) in [5.74, 6) is -2.09. The van der Waals surface area contributed by atoms with Gasteiger partial charge in [-0.25, -0.2) is 4.79 Å². The number of carbonyl (C=O) groups is 4. The standard InChI is InChI=1S/C24H17ClN2O5/c1-12(32-24(31)13-9-10-17(25)18(26)11-13)23(30)27-19-8-4-7-16-20(19)22(29)15-6-3-2-5-14(15)21(16)28/h2-12H,26H2,1H3,(H,27,30). The van der Waals surface area contributed by atoms with Crippen LogP contribution in [-0.2, 0) is 9.53 Å². The topological polar surface area (TPSA) is 116 Å². The van der Waals surface area contributed by atoms with Gasteiger partial charge in [-0.2, -0.15) is 0 Å². The van der Waals surface area contributed by atoms with Gasteiger partial charge in [0.1, 0.15) is 0 Å². The Labute approximate surface area is 188 Å². The summed E-state index contributed by atoms with van der Waals surface area (Å²) in [4.78, 5) is 50.9. The highest BCUT2D eigenvalue weighted by Gasteiger charge is 2.32. The third kappa shape index (κ3) is 3.74. The second-order valence-electron chi connectivity index (χ2n) is 7.21. The molecule has 1 atom stereocenters. The molecule has 4 rings (SSSR count). The highest BCUT2D eigenvalue weighted by atomic mass is 35.5. The third-order valence-electron chi connectivity index (χ3n) is 5.10. The van der Waals surface area contributed by atoms with Crippen LogP contribution in [0.4, 0.5) is 11.4 Å². The largest absolute Gasteiger partial charge is 0.449 e. The Bertz CT molecular complexity index is 1300. The summed E-state index contributed by atoms with van der Waals surface area (Å²) in [6.45, 7) is 1.39. The van der Waals surface area contributed by atoms with Crippen LogP contribution in [0.5, 0.6) is 0 Å². The van der Waals surface area contributed by atoms with Gasteiger partial charge in [-0.3, -0.25) is 14.4 Å². The van der Waals surface area contributed by atoms with E-state index >= 15 is 0 Å². The van der Waals surface area contributed by atoms with E-state index in [-0.39, 0.29) is 45.2 Å². The van der Waals surface area contributed by atoms with Gasteiger partial charge in [0.2, 0.25) is 0 Å². The number of halogens is 1. The molecule has 0 fully saturated rings. The van der Waals surface area contributed by atoms with Crippen LogP contribution >= 0.6 is 11.6 Å². The minimum atomic E-state index is -1.18. The number of anilines is 2. The van der Waals surface area contributed by atoms with E-state index < -0.39 is 18.0 Å². The van der Waals surface area contributed by atoms with Crippen molar-refractivity contribution < 1.29 is 23.9 Å². The summed E-state index contributed by atoms with van der Waals surface area (Å²) in [5, 5.41) is 2.89. The van der Waals surface area contributed by atoms with Crippen molar-refractivity contribution in [1.82, 2.24) is 0 Å². The Morgan fingerprint density at radius 3 is 2.28 bits per heavy atom. The van der Waals surface area contributed by atoms with Crippen LogP contribution in [0.25, 0.3) is 0 Å². The lowest BCUT2D eigenvalue weighted by Crippen LogP contribution is -2.31. The summed E-state index contributed by atoms with van der Waals surface area (Å²) < 4.78 is 5.21. The molecule has 3 aromatic carbocycles. The molecule has 3 aromatic rings. The van der Waals surface area contributed by atoms with E-state index in [1.807, 2.05) is 0 Å². The van der Waals surface area contributed by atoms with Crippen LogP contribution in [0.15, 0.2) is 60.7 Å². The lowest BCUT2D eigenvalue weighted by molar-refractivity contribution is -0.123. The number of nitrogen functional groups attached to an aromatic ring is 1. The van der Waals surface area contributed by atoms with Crippen molar-refractivity contribution in [3.63, 3.8) is 0 Å². The third-order valence-corrected chi connectivity index (χ3v) is 5.44. The number of carbonyl (C=O) groups excluding carboxylic acids is 4. The maximum Gasteiger partial charge on any atom is 0.338 e. The molecule has 7 nitrogen and oxygen atoms in total. The van der Waals surface area contributed by atoms with E-state index in [4.69, 9.17) is 22.1 Å². The number of fused-ring (bicyclic) bond motifs is 2. The SMILES string of the molecule is CC(OC(=O)c1ccc(Cl)c(N)c1)C(=O)Nc1cccc2c1C(=O)c1ccccc1C2=O. The lowest BCUT2D eigenvalue weighted by Gasteiger charge is -2.21. The van der Waals surface area contributed by atoms with Crippen molar-refractivity contribution in [2.75, 3.05) is 11.1 Å². The Morgan fingerprint density at radius 1 is 0.938 bits per heavy atom. The van der Waals surface area contributed by atoms with Crippen molar-refractivity contribution in [2.24, 2.45) is 0 Å². The Hall–Kier alpha value is -3.97. The first-order valence-corrected chi connectivity index (χ1v) is 10.0. The zero-order valence-electron chi connectivity index (χ0n) is 16.8. The smallest absolute Gasteiger partial charge is 0.338 e. The molecule has 0 radical (unpaired) electrons. The van der Waals surface area contributed by atoms with E-state index in [2.05, 4.69) is 5.32 Å². The van der Waals surface area contributed by atoms with Gasteiger partial charge in [0.05, 0.1) is 27.5 Å². The van der Waals surface area contributed by atoms with E-state index in [9.17, 15) is 19.2 Å². The van der Waals surface area contributed by atoms with E-state index in [0.29, 0.717) is 10.6 Å². The number of hydrogen-bond acceptors (Lipinski definition) is 6. The molecular weight excluding hydrogens is 432 g/mol. The van der Waals surface area contributed by atoms with Gasteiger partial charge in [-0.1, -0.05) is 48.0 Å². The quantitative estimate of drug-likeness (QED) is 0.361. The fourth-order valence-electron chi connectivity index (χ4n) is 3.44. The number of rotatable bonds is 4. The molecule has 3 N–H and O–H groups in total. The highest BCUT2D eigenvalue weighted by Crippen LogP contribution is 2.32. The number of nitrogens with one attached hydrogen (secondary N) is 1. The maximum atomic E-state index is 13.0. The van der Waals surface area contributed by atoms with Gasteiger partial charge in [0.15, 0.2) is 17.7 Å². The molecule has 8 heteroatoms. The van der Waals surface area contributed by atoms with Crippen LogP contribution in [0.2, 0.25) is 5.02 Å². The Balaban J connectivity index is 1.55. The summed E-state index contributed by atoms with van der Waals surface area (Å²) in [6, 6.07) is 15.4. The zero-order chi connectivity index (χ0) is 23.0. The van der Waals surface area contributed by atoms with E-state index in [1.165, 1.54) is 37.3 Å². The van der Waals surface area contributed by atoms with Crippen molar-refractivity contribution in [3.8, 4) is 0 Å². The molecule has 0 saturated carbocycles. The monoisotopic (exact) mass is 448 g/mol. The van der Waals surface area contributed by atoms with Gasteiger partial charge in [0.25, 0.3) is 5.91 Å². The number of benzene rings is 3. The first-order valence-electron chi connectivity index (χ1n) is 9.66. The van der Waals surface area contributed by atoms with Gasteiger partial charge in [-0.15, -0.1) is 0 Å². The molecule has 0 bridgehead atoms. The molecule has 1 amide bonds. The van der Waals surface area contributed by atoms with Crippen LogP contribution in [0.3, 0.4) is 0 Å².